The van der Waals surface area contributed by atoms with Crippen molar-refractivity contribution in [1.29, 1.82) is 0 Å². The third-order valence-electron chi connectivity index (χ3n) is 3.73. The molecule has 0 N–H and O–H groups in total. The molecule has 3 nitrogen and oxygen atoms in total. The van der Waals surface area contributed by atoms with Crippen molar-refractivity contribution in [3.05, 3.63) is 18.0 Å². The fraction of sp³-hybridized carbons (Fsp3) is 0.769. The van der Waals surface area contributed by atoms with Gasteiger partial charge in [-0.15, -0.1) is 0 Å². The Morgan fingerprint density at radius 2 is 2.41 bits per heavy atom. The summed E-state index contributed by atoms with van der Waals surface area (Å²) in [6.07, 6.45) is 7.11. The van der Waals surface area contributed by atoms with Gasteiger partial charge in [0.05, 0.1) is 0 Å². The van der Waals surface area contributed by atoms with E-state index in [9.17, 15) is 0 Å². The predicted octanol–water partition coefficient (Wildman–Crippen LogP) is 2.46. The molecule has 1 unspecified atom stereocenters. The van der Waals surface area contributed by atoms with Gasteiger partial charge >= 0.3 is 0 Å². The molecule has 0 radical (unpaired) electrons. The Morgan fingerprint density at radius 1 is 1.53 bits per heavy atom. The second kappa shape index (κ2) is 6.55. The van der Waals surface area contributed by atoms with Gasteiger partial charge in [0, 0.05) is 43.8 Å². The molecular formula is C13H22BrN3. The quantitative estimate of drug-likeness (QED) is 0.779. The molecule has 0 saturated carbocycles. The first kappa shape index (κ1) is 13.1. The predicted molar refractivity (Wildman–Crippen MR) is 74.5 cm³/mol. The number of aromatic nitrogens is 2. The lowest BCUT2D eigenvalue weighted by Gasteiger charge is -2.32. The van der Waals surface area contributed by atoms with Crippen LogP contribution in [0.25, 0.3) is 0 Å². The third kappa shape index (κ3) is 3.81. The van der Waals surface area contributed by atoms with Crippen LogP contribution in [0.4, 0.5) is 0 Å². The Kier molecular flexibility index (Phi) is 5.04. The smallest absolute Gasteiger partial charge is 0.0492 e. The molecule has 17 heavy (non-hydrogen) atoms. The number of piperidine rings is 1. The van der Waals surface area contributed by atoms with Crippen molar-refractivity contribution in [2.24, 2.45) is 13.0 Å². The van der Waals surface area contributed by atoms with Gasteiger partial charge < -0.3 is 4.90 Å². The van der Waals surface area contributed by atoms with Gasteiger partial charge in [-0.05, 0) is 37.8 Å². The van der Waals surface area contributed by atoms with Crippen molar-refractivity contribution in [2.75, 3.05) is 25.0 Å². The van der Waals surface area contributed by atoms with Crippen LogP contribution in [0.15, 0.2) is 12.3 Å². The molecule has 1 saturated heterocycles. The molecule has 1 aromatic rings. The molecule has 1 aliphatic rings. The standard InChI is InChI=1S/C13H22BrN3/c1-16-13(5-8-15-16)6-10-17-9-2-3-12(11-17)4-7-14/h5,8,12H,2-4,6-7,9-11H2,1H3. The lowest BCUT2D eigenvalue weighted by Crippen LogP contribution is -2.37. The molecule has 2 rings (SSSR count). The summed E-state index contributed by atoms with van der Waals surface area (Å²) in [6, 6.07) is 2.12. The van der Waals surface area contributed by atoms with Gasteiger partial charge in [-0.2, -0.15) is 5.10 Å². The summed E-state index contributed by atoms with van der Waals surface area (Å²) in [6.45, 7) is 3.73. The summed E-state index contributed by atoms with van der Waals surface area (Å²) in [5.74, 6) is 0.898. The van der Waals surface area contributed by atoms with E-state index in [1.165, 1.54) is 44.6 Å². The minimum Gasteiger partial charge on any atom is -0.303 e. The Labute approximate surface area is 112 Å². The molecular weight excluding hydrogens is 278 g/mol. The minimum absolute atomic E-state index is 0.898. The maximum atomic E-state index is 4.22. The first-order chi connectivity index (χ1) is 8.29. The van der Waals surface area contributed by atoms with Gasteiger partial charge in [-0.1, -0.05) is 15.9 Å². The lowest BCUT2D eigenvalue weighted by atomic mass is 9.95. The van der Waals surface area contributed by atoms with Crippen molar-refractivity contribution in [3.63, 3.8) is 0 Å². The van der Waals surface area contributed by atoms with Crippen LogP contribution < -0.4 is 0 Å². The highest BCUT2D eigenvalue weighted by atomic mass is 79.9. The largest absolute Gasteiger partial charge is 0.303 e. The van der Waals surface area contributed by atoms with Crippen LogP contribution in [0.2, 0.25) is 0 Å². The first-order valence-electron chi connectivity index (χ1n) is 6.55. The summed E-state index contributed by atoms with van der Waals surface area (Å²) in [5.41, 5.74) is 1.34. The Balaban J connectivity index is 1.77. The van der Waals surface area contributed by atoms with Crippen LogP contribution in [0.1, 0.15) is 25.0 Å². The van der Waals surface area contributed by atoms with Crippen LogP contribution in [0, 0.1) is 5.92 Å². The zero-order chi connectivity index (χ0) is 12.1. The number of hydrogen-bond acceptors (Lipinski definition) is 2. The van der Waals surface area contributed by atoms with E-state index in [-0.39, 0.29) is 0 Å². The first-order valence-corrected chi connectivity index (χ1v) is 7.67. The SMILES string of the molecule is Cn1nccc1CCN1CCCC(CCBr)C1. The average molecular weight is 300 g/mol. The van der Waals surface area contributed by atoms with E-state index < -0.39 is 0 Å². The summed E-state index contributed by atoms with van der Waals surface area (Å²) >= 11 is 3.55. The van der Waals surface area contributed by atoms with Crippen molar-refractivity contribution < 1.29 is 0 Å². The Bertz CT molecular complexity index is 335. The molecule has 1 aromatic heterocycles. The molecule has 96 valence electrons. The second-order valence-electron chi connectivity index (χ2n) is 4.98. The summed E-state index contributed by atoms with van der Waals surface area (Å²) in [4.78, 5) is 2.61. The summed E-state index contributed by atoms with van der Waals surface area (Å²) < 4.78 is 1.99. The van der Waals surface area contributed by atoms with E-state index in [1.54, 1.807) is 0 Å². The fourth-order valence-electron chi connectivity index (χ4n) is 2.66. The highest BCUT2D eigenvalue weighted by molar-refractivity contribution is 9.09. The Morgan fingerprint density at radius 3 is 3.12 bits per heavy atom. The highest BCUT2D eigenvalue weighted by Crippen LogP contribution is 2.20. The zero-order valence-corrected chi connectivity index (χ0v) is 12.2. The minimum atomic E-state index is 0.898. The summed E-state index contributed by atoms with van der Waals surface area (Å²) in [7, 11) is 2.03. The fourth-order valence-corrected chi connectivity index (χ4v) is 3.31. The number of likely N-dealkylation sites (tertiary alicyclic amines) is 1. The van der Waals surface area contributed by atoms with Crippen LogP contribution in [0.3, 0.4) is 0 Å². The lowest BCUT2D eigenvalue weighted by molar-refractivity contribution is 0.173. The van der Waals surface area contributed by atoms with Gasteiger partial charge in [0.15, 0.2) is 0 Å². The topological polar surface area (TPSA) is 21.1 Å². The number of rotatable bonds is 5. The maximum Gasteiger partial charge on any atom is 0.0492 e. The number of halogens is 1. The molecule has 0 spiro atoms. The van der Waals surface area contributed by atoms with Crippen LogP contribution in [-0.2, 0) is 13.5 Å². The average Bonchev–Trinajstić information content (AvgIpc) is 2.73. The van der Waals surface area contributed by atoms with E-state index in [1.807, 2.05) is 17.9 Å². The van der Waals surface area contributed by atoms with E-state index >= 15 is 0 Å². The van der Waals surface area contributed by atoms with Crippen molar-refractivity contribution >= 4 is 15.9 Å². The molecule has 1 fully saturated rings. The summed E-state index contributed by atoms with van der Waals surface area (Å²) in [5, 5.41) is 5.36. The molecule has 0 aromatic carbocycles. The molecule has 4 heteroatoms. The van der Waals surface area contributed by atoms with Gasteiger partial charge in [0.1, 0.15) is 0 Å². The van der Waals surface area contributed by atoms with Crippen LogP contribution >= 0.6 is 15.9 Å². The maximum absolute atomic E-state index is 4.22. The van der Waals surface area contributed by atoms with Crippen molar-refractivity contribution in [3.8, 4) is 0 Å². The van der Waals surface area contributed by atoms with Crippen LogP contribution in [-0.4, -0.2) is 39.6 Å². The van der Waals surface area contributed by atoms with Crippen molar-refractivity contribution in [1.82, 2.24) is 14.7 Å². The molecule has 0 amide bonds. The molecule has 1 aliphatic heterocycles. The monoisotopic (exact) mass is 299 g/mol. The number of nitrogens with zero attached hydrogens (tertiary/aromatic N) is 3. The molecule has 0 bridgehead atoms. The zero-order valence-electron chi connectivity index (χ0n) is 10.6. The van der Waals surface area contributed by atoms with Gasteiger partial charge in [-0.25, -0.2) is 0 Å². The van der Waals surface area contributed by atoms with Crippen LogP contribution in [0.5, 0.6) is 0 Å². The van der Waals surface area contributed by atoms with E-state index in [0.29, 0.717) is 0 Å². The van der Waals surface area contributed by atoms with E-state index in [2.05, 4.69) is 32.0 Å². The number of hydrogen-bond donors (Lipinski definition) is 0. The van der Waals surface area contributed by atoms with Gasteiger partial charge in [-0.3, -0.25) is 4.68 Å². The second-order valence-corrected chi connectivity index (χ2v) is 5.78. The number of alkyl halides is 1. The molecule has 1 atom stereocenters. The van der Waals surface area contributed by atoms with E-state index in [4.69, 9.17) is 0 Å². The molecule has 0 aliphatic carbocycles. The highest BCUT2D eigenvalue weighted by Gasteiger charge is 2.19. The number of aryl methyl sites for hydroxylation is 1. The van der Waals surface area contributed by atoms with Crippen molar-refractivity contribution in [2.45, 2.75) is 25.7 Å². The molecule has 2 heterocycles. The Hall–Kier alpha value is -0.350. The van der Waals surface area contributed by atoms with Gasteiger partial charge in [0.25, 0.3) is 0 Å². The third-order valence-corrected chi connectivity index (χ3v) is 4.18. The normalized spacial score (nSPS) is 21.9. The van der Waals surface area contributed by atoms with E-state index in [0.717, 1.165) is 17.7 Å². The van der Waals surface area contributed by atoms with Gasteiger partial charge in [0.2, 0.25) is 0 Å².